The maximum atomic E-state index is 13.1. The number of rotatable bonds is 3. The van der Waals surface area contributed by atoms with Crippen molar-refractivity contribution < 1.29 is 19.5 Å². The molecule has 0 atom stereocenters. The maximum Gasteiger partial charge on any atom is 0.254 e. The van der Waals surface area contributed by atoms with Crippen molar-refractivity contribution in [1.29, 1.82) is 0 Å². The number of phenols is 2. The van der Waals surface area contributed by atoms with Gasteiger partial charge in [-0.2, -0.15) is 0 Å². The molecule has 1 aromatic heterocycles. The summed E-state index contributed by atoms with van der Waals surface area (Å²) < 4.78 is 5.47. The van der Waals surface area contributed by atoms with Crippen LogP contribution in [0.5, 0.6) is 11.5 Å². The molecule has 4 rings (SSSR count). The summed E-state index contributed by atoms with van der Waals surface area (Å²) in [6.07, 6.45) is 0.546. The number of aromatic hydroxyl groups is 2. The molecule has 3 aromatic rings. The number of halogens is 1. The lowest BCUT2D eigenvalue weighted by atomic mass is 10.00. The minimum atomic E-state index is -0.223. The van der Waals surface area contributed by atoms with E-state index in [1.807, 2.05) is 37.2 Å². The SMILES string of the molecule is CN(C)c1cccc(C(=O)N2CCc3noc(-c4cc(Cl)c(O)cc4O)c3C2)c1. The van der Waals surface area contributed by atoms with Gasteiger partial charge < -0.3 is 24.5 Å². The number of hydrogen-bond acceptors (Lipinski definition) is 6. The van der Waals surface area contributed by atoms with Gasteiger partial charge >= 0.3 is 0 Å². The van der Waals surface area contributed by atoms with E-state index in [9.17, 15) is 15.0 Å². The molecular formula is C21H20ClN3O4. The van der Waals surface area contributed by atoms with Crippen molar-refractivity contribution in [1.82, 2.24) is 10.1 Å². The zero-order chi connectivity index (χ0) is 20.7. The number of benzene rings is 2. The molecule has 1 aliphatic heterocycles. The molecule has 0 radical (unpaired) electrons. The van der Waals surface area contributed by atoms with Crippen molar-refractivity contribution >= 4 is 23.2 Å². The number of fused-ring (bicyclic) bond motifs is 1. The lowest BCUT2D eigenvalue weighted by molar-refractivity contribution is 0.0734. The highest BCUT2D eigenvalue weighted by molar-refractivity contribution is 6.32. The third kappa shape index (κ3) is 3.49. The van der Waals surface area contributed by atoms with Gasteiger partial charge in [0, 0.05) is 49.9 Å². The van der Waals surface area contributed by atoms with E-state index in [-0.39, 0.29) is 22.4 Å². The Morgan fingerprint density at radius 2 is 2.00 bits per heavy atom. The molecule has 0 unspecified atom stereocenters. The molecule has 0 saturated carbocycles. The molecule has 2 heterocycles. The number of amides is 1. The molecule has 0 aliphatic carbocycles. The fourth-order valence-electron chi connectivity index (χ4n) is 3.43. The number of phenolic OH excluding ortho intramolecular Hbond substituents is 2. The first-order valence-corrected chi connectivity index (χ1v) is 9.49. The summed E-state index contributed by atoms with van der Waals surface area (Å²) in [6.45, 7) is 0.823. The molecule has 0 saturated heterocycles. The largest absolute Gasteiger partial charge is 0.507 e. The Bertz CT molecular complexity index is 1090. The molecule has 0 bridgehead atoms. The van der Waals surface area contributed by atoms with E-state index in [1.165, 1.54) is 6.07 Å². The number of carbonyl (C=O) groups is 1. The molecule has 0 spiro atoms. The second-order valence-electron chi connectivity index (χ2n) is 7.18. The summed E-state index contributed by atoms with van der Waals surface area (Å²) in [5, 5.41) is 24.1. The van der Waals surface area contributed by atoms with Gasteiger partial charge in [-0.1, -0.05) is 22.8 Å². The number of anilines is 1. The first-order chi connectivity index (χ1) is 13.8. The molecule has 8 heteroatoms. The van der Waals surface area contributed by atoms with E-state index in [0.29, 0.717) is 36.4 Å². The Balaban J connectivity index is 1.66. The van der Waals surface area contributed by atoms with E-state index in [2.05, 4.69) is 5.16 Å². The molecule has 150 valence electrons. The lowest BCUT2D eigenvalue weighted by Gasteiger charge is -2.27. The van der Waals surface area contributed by atoms with Gasteiger partial charge in [0.25, 0.3) is 5.91 Å². The first-order valence-electron chi connectivity index (χ1n) is 9.11. The van der Waals surface area contributed by atoms with Crippen LogP contribution >= 0.6 is 11.6 Å². The van der Waals surface area contributed by atoms with Crippen LogP contribution in [0.4, 0.5) is 5.69 Å². The van der Waals surface area contributed by atoms with Crippen LogP contribution in [0.15, 0.2) is 40.9 Å². The fraction of sp³-hybridized carbons (Fsp3) is 0.238. The Morgan fingerprint density at radius 3 is 2.76 bits per heavy atom. The molecule has 1 aliphatic rings. The normalized spacial score (nSPS) is 13.3. The van der Waals surface area contributed by atoms with Gasteiger partial charge in [0.05, 0.1) is 22.8 Å². The zero-order valence-corrected chi connectivity index (χ0v) is 16.8. The van der Waals surface area contributed by atoms with Crippen LogP contribution in [0.25, 0.3) is 11.3 Å². The van der Waals surface area contributed by atoms with Crippen LogP contribution in [-0.2, 0) is 13.0 Å². The van der Waals surface area contributed by atoms with Crippen LogP contribution in [0, 0.1) is 0 Å². The monoisotopic (exact) mass is 413 g/mol. The van der Waals surface area contributed by atoms with E-state index in [4.69, 9.17) is 16.1 Å². The van der Waals surface area contributed by atoms with Gasteiger partial charge in [-0.05, 0) is 24.3 Å². The summed E-state index contributed by atoms with van der Waals surface area (Å²) in [6, 6.07) is 10.0. The van der Waals surface area contributed by atoms with Crippen molar-refractivity contribution in [2.24, 2.45) is 0 Å². The number of hydrogen-bond donors (Lipinski definition) is 2. The Hall–Kier alpha value is -3.19. The van der Waals surface area contributed by atoms with Crippen molar-refractivity contribution in [2.45, 2.75) is 13.0 Å². The molecule has 2 aromatic carbocycles. The topological polar surface area (TPSA) is 90.0 Å². The average molecular weight is 414 g/mol. The second-order valence-corrected chi connectivity index (χ2v) is 7.59. The molecule has 0 fully saturated rings. The minimum absolute atomic E-state index is 0.0838. The molecule has 1 amide bonds. The fourth-order valence-corrected chi connectivity index (χ4v) is 3.59. The predicted octanol–water partition coefficient (Wildman–Crippen LogP) is 3.67. The number of nitrogens with zero attached hydrogens (tertiary/aromatic N) is 3. The highest BCUT2D eigenvalue weighted by Crippen LogP contribution is 2.40. The predicted molar refractivity (Wildman–Crippen MR) is 109 cm³/mol. The molecule has 7 nitrogen and oxygen atoms in total. The van der Waals surface area contributed by atoms with Crippen LogP contribution in [0.1, 0.15) is 21.6 Å². The van der Waals surface area contributed by atoms with Gasteiger partial charge in [-0.25, -0.2) is 0 Å². The van der Waals surface area contributed by atoms with Gasteiger partial charge in [0.2, 0.25) is 0 Å². The van der Waals surface area contributed by atoms with Crippen molar-refractivity contribution in [3.05, 3.63) is 58.2 Å². The highest BCUT2D eigenvalue weighted by Gasteiger charge is 2.29. The van der Waals surface area contributed by atoms with Crippen molar-refractivity contribution in [3.63, 3.8) is 0 Å². The Kier molecular flexibility index (Phi) is 4.84. The maximum absolute atomic E-state index is 13.1. The average Bonchev–Trinajstić information content (AvgIpc) is 3.13. The first kappa shape index (κ1) is 19.1. The smallest absolute Gasteiger partial charge is 0.254 e. The van der Waals surface area contributed by atoms with E-state index in [1.54, 1.807) is 11.0 Å². The van der Waals surface area contributed by atoms with Crippen LogP contribution in [0.3, 0.4) is 0 Å². The van der Waals surface area contributed by atoms with E-state index in [0.717, 1.165) is 23.0 Å². The van der Waals surface area contributed by atoms with E-state index < -0.39 is 0 Å². The summed E-state index contributed by atoms with van der Waals surface area (Å²) in [4.78, 5) is 16.8. The summed E-state index contributed by atoms with van der Waals surface area (Å²) in [5.41, 5.74) is 3.35. The van der Waals surface area contributed by atoms with Crippen LogP contribution in [-0.4, -0.2) is 46.8 Å². The number of aromatic nitrogens is 1. The van der Waals surface area contributed by atoms with Crippen LogP contribution < -0.4 is 4.90 Å². The van der Waals surface area contributed by atoms with Crippen LogP contribution in [0.2, 0.25) is 5.02 Å². The third-order valence-corrected chi connectivity index (χ3v) is 5.35. The zero-order valence-electron chi connectivity index (χ0n) is 16.0. The van der Waals surface area contributed by atoms with Crippen molar-refractivity contribution in [2.75, 3.05) is 25.5 Å². The Labute approximate surface area is 172 Å². The van der Waals surface area contributed by atoms with Gasteiger partial charge in [0.1, 0.15) is 11.5 Å². The van der Waals surface area contributed by atoms with E-state index >= 15 is 0 Å². The minimum Gasteiger partial charge on any atom is -0.507 e. The molecule has 2 N–H and O–H groups in total. The van der Waals surface area contributed by atoms with Gasteiger partial charge in [-0.15, -0.1) is 0 Å². The van der Waals surface area contributed by atoms with Crippen molar-refractivity contribution in [3.8, 4) is 22.8 Å². The standard InChI is InChI=1S/C21H20ClN3O4/c1-24(2)13-5-3-4-12(8-13)21(28)25-7-6-17-15(11-25)20(29-23-17)14-9-16(22)19(27)10-18(14)26/h3-5,8-10,26-27H,6-7,11H2,1-2H3. The number of carbonyl (C=O) groups excluding carboxylic acids is 1. The Morgan fingerprint density at radius 1 is 1.21 bits per heavy atom. The summed E-state index contributed by atoms with van der Waals surface area (Å²) in [5.74, 6) is -0.134. The second kappa shape index (κ2) is 7.33. The summed E-state index contributed by atoms with van der Waals surface area (Å²) in [7, 11) is 3.85. The highest BCUT2D eigenvalue weighted by atomic mass is 35.5. The summed E-state index contributed by atoms with van der Waals surface area (Å²) >= 11 is 5.99. The van der Waals surface area contributed by atoms with Gasteiger partial charge in [-0.3, -0.25) is 4.79 Å². The third-order valence-electron chi connectivity index (χ3n) is 5.04. The quantitative estimate of drug-likeness (QED) is 0.680. The molecule has 29 heavy (non-hydrogen) atoms. The van der Waals surface area contributed by atoms with Gasteiger partial charge in [0.15, 0.2) is 5.76 Å². The molecular weight excluding hydrogens is 394 g/mol. The lowest BCUT2D eigenvalue weighted by Crippen LogP contribution is -2.36.